The molecule has 0 spiro atoms. The Kier molecular flexibility index (Phi) is 3.71. The van der Waals surface area contributed by atoms with Crippen molar-refractivity contribution in [1.82, 2.24) is 4.90 Å². The van der Waals surface area contributed by atoms with Crippen molar-refractivity contribution in [2.24, 2.45) is 0 Å². The third-order valence-corrected chi connectivity index (χ3v) is 2.68. The largest absolute Gasteiger partial charge is 0.394 e. The van der Waals surface area contributed by atoms with E-state index in [2.05, 4.69) is 0 Å². The van der Waals surface area contributed by atoms with E-state index in [0.717, 1.165) is 4.90 Å². The number of hydrogen-bond acceptors (Lipinski definition) is 5. The van der Waals surface area contributed by atoms with Gasteiger partial charge >= 0.3 is 0 Å². The van der Waals surface area contributed by atoms with Crippen molar-refractivity contribution in [3.05, 3.63) is 0 Å². The number of amides is 2. The third kappa shape index (κ3) is 2.20. The van der Waals surface area contributed by atoms with Gasteiger partial charge in [-0.2, -0.15) is 0 Å². The first-order valence-electron chi connectivity index (χ1n) is 3.85. The Balaban J connectivity index is 2.72. The molecule has 0 radical (unpaired) electrons. The quantitative estimate of drug-likeness (QED) is 0.545. The van der Waals surface area contributed by atoms with Crippen molar-refractivity contribution in [1.29, 1.82) is 0 Å². The van der Waals surface area contributed by atoms with E-state index in [1.165, 1.54) is 11.8 Å². The Hall–Kier alpha value is -0.590. The summed E-state index contributed by atoms with van der Waals surface area (Å²) < 4.78 is 0. The average Bonchev–Trinajstić information content (AvgIpc) is 2.11. The minimum absolute atomic E-state index is 0.238. The molecule has 0 atom stereocenters. The molecule has 0 unspecified atom stereocenters. The number of thioether (sulfide) groups is 1. The second-order valence-corrected chi connectivity index (χ2v) is 3.65. The van der Waals surface area contributed by atoms with E-state index < -0.39 is 19.3 Å². The summed E-state index contributed by atoms with van der Waals surface area (Å²) in [6.07, 6.45) is 0. The van der Waals surface area contributed by atoms with E-state index in [1.807, 2.05) is 0 Å². The standard InChI is InChI=1S/C7H11NO4S/c9-1-5(2-10)8-6(11)3-13-4-7(8)12/h5,9-10H,1-4H2. The van der Waals surface area contributed by atoms with Gasteiger partial charge in [-0.3, -0.25) is 14.5 Å². The number of rotatable bonds is 3. The number of aliphatic hydroxyl groups is 2. The van der Waals surface area contributed by atoms with Gasteiger partial charge in [0, 0.05) is 0 Å². The molecule has 1 aliphatic heterocycles. The zero-order valence-corrected chi connectivity index (χ0v) is 7.79. The Morgan fingerprint density at radius 3 is 2.08 bits per heavy atom. The molecule has 1 aliphatic rings. The Labute approximate surface area is 79.7 Å². The van der Waals surface area contributed by atoms with Gasteiger partial charge in [0.1, 0.15) is 0 Å². The molecule has 0 bridgehead atoms. The predicted octanol–water partition coefficient (Wildman–Crippen LogP) is -1.56. The molecule has 0 aromatic rings. The molecule has 74 valence electrons. The summed E-state index contributed by atoms with van der Waals surface area (Å²) in [5.74, 6) is -0.200. The van der Waals surface area contributed by atoms with Crippen molar-refractivity contribution >= 4 is 23.6 Å². The third-order valence-electron chi connectivity index (χ3n) is 1.78. The summed E-state index contributed by atoms with van der Waals surface area (Å²) in [6.45, 7) is -0.780. The molecule has 0 aromatic heterocycles. The monoisotopic (exact) mass is 205 g/mol. The van der Waals surface area contributed by atoms with Crippen LogP contribution in [0.5, 0.6) is 0 Å². The molecule has 1 saturated heterocycles. The minimum atomic E-state index is -0.777. The highest BCUT2D eigenvalue weighted by Gasteiger charge is 2.31. The van der Waals surface area contributed by atoms with Gasteiger partial charge in [0.2, 0.25) is 11.8 Å². The van der Waals surface area contributed by atoms with E-state index in [0.29, 0.717) is 0 Å². The Morgan fingerprint density at radius 2 is 1.69 bits per heavy atom. The molecule has 1 fully saturated rings. The highest BCUT2D eigenvalue weighted by atomic mass is 32.2. The number of carbonyl (C=O) groups is 2. The molecular formula is C7H11NO4S. The van der Waals surface area contributed by atoms with E-state index in [4.69, 9.17) is 10.2 Å². The maximum Gasteiger partial charge on any atom is 0.239 e. The van der Waals surface area contributed by atoms with Crippen LogP contribution in [0, 0.1) is 0 Å². The average molecular weight is 205 g/mol. The number of hydrogen-bond donors (Lipinski definition) is 2. The molecule has 2 amide bonds. The number of carbonyl (C=O) groups excluding carboxylic acids is 2. The molecule has 0 aliphatic carbocycles. The van der Waals surface area contributed by atoms with Gasteiger partial charge in [0.15, 0.2) is 0 Å². The molecule has 0 saturated carbocycles. The lowest BCUT2D eigenvalue weighted by molar-refractivity contribution is -0.147. The van der Waals surface area contributed by atoms with Crippen LogP contribution in [0.15, 0.2) is 0 Å². The van der Waals surface area contributed by atoms with Gasteiger partial charge in [-0.05, 0) is 0 Å². The van der Waals surface area contributed by atoms with Crippen LogP contribution in [0.1, 0.15) is 0 Å². The fourth-order valence-corrected chi connectivity index (χ4v) is 1.86. The van der Waals surface area contributed by atoms with E-state index in [-0.39, 0.29) is 23.3 Å². The fraction of sp³-hybridized carbons (Fsp3) is 0.714. The Morgan fingerprint density at radius 1 is 1.23 bits per heavy atom. The van der Waals surface area contributed by atoms with Crippen molar-refractivity contribution in [3.63, 3.8) is 0 Å². The van der Waals surface area contributed by atoms with E-state index in [9.17, 15) is 9.59 Å². The fourth-order valence-electron chi connectivity index (χ4n) is 1.13. The van der Waals surface area contributed by atoms with Gasteiger partial charge in [0.25, 0.3) is 0 Å². The summed E-state index contributed by atoms with van der Waals surface area (Å²) in [7, 11) is 0. The first-order valence-corrected chi connectivity index (χ1v) is 5.00. The minimum Gasteiger partial charge on any atom is -0.394 e. The molecule has 5 nitrogen and oxygen atoms in total. The summed E-state index contributed by atoms with van der Waals surface area (Å²) in [4.78, 5) is 23.4. The second kappa shape index (κ2) is 4.59. The lowest BCUT2D eigenvalue weighted by Gasteiger charge is -2.30. The topological polar surface area (TPSA) is 77.8 Å². The maximum absolute atomic E-state index is 11.2. The number of aliphatic hydroxyl groups excluding tert-OH is 2. The summed E-state index contributed by atoms with van der Waals surface area (Å²) in [5, 5.41) is 17.6. The van der Waals surface area contributed by atoms with Gasteiger partial charge in [-0.1, -0.05) is 0 Å². The molecule has 6 heteroatoms. The smallest absolute Gasteiger partial charge is 0.239 e. The lowest BCUT2D eigenvalue weighted by atomic mass is 10.2. The number of nitrogens with zero attached hydrogens (tertiary/aromatic N) is 1. The first kappa shape index (κ1) is 10.5. The SMILES string of the molecule is O=C1CSCC(=O)N1C(CO)CO. The first-order chi connectivity index (χ1) is 6.20. The van der Waals surface area contributed by atoms with Crippen molar-refractivity contribution in [3.8, 4) is 0 Å². The van der Waals surface area contributed by atoms with Gasteiger partial charge in [0.05, 0.1) is 30.8 Å². The molecule has 2 N–H and O–H groups in total. The normalized spacial score (nSPS) is 18.5. The van der Waals surface area contributed by atoms with Crippen LogP contribution in [0.3, 0.4) is 0 Å². The predicted molar refractivity (Wildman–Crippen MR) is 47.1 cm³/mol. The van der Waals surface area contributed by atoms with Gasteiger partial charge < -0.3 is 10.2 Å². The molecule has 1 rings (SSSR count). The summed E-state index contributed by atoms with van der Waals surface area (Å²) >= 11 is 1.25. The van der Waals surface area contributed by atoms with Crippen LogP contribution in [-0.2, 0) is 9.59 Å². The molecule has 0 aromatic carbocycles. The van der Waals surface area contributed by atoms with Crippen molar-refractivity contribution in [2.75, 3.05) is 24.7 Å². The zero-order chi connectivity index (χ0) is 9.84. The Bertz CT molecular complexity index is 201. The lowest BCUT2D eigenvalue weighted by Crippen LogP contribution is -2.52. The summed E-state index contributed by atoms with van der Waals surface area (Å²) in [6, 6.07) is -0.777. The molecule has 1 heterocycles. The van der Waals surface area contributed by atoms with Crippen LogP contribution in [0.2, 0.25) is 0 Å². The molecule has 13 heavy (non-hydrogen) atoms. The highest BCUT2D eigenvalue weighted by molar-refractivity contribution is 8.00. The van der Waals surface area contributed by atoms with Crippen LogP contribution in [-0.4, -0.2) is 57.7 Å². The zero-order valence-electron chi connectivity index (χ0n) is 6.97. The highest BCUT2D eigenvalue weighted by Crippen LogP contribution is 2.14. The summed E-state index contributed by atoms with van der Waals surface area (Å²) in [5.41, 5.74) is 0. The van der Waals surface area contributed by atoms with Crippen LogP contribution in [0.25, 0.3) is 0 Å². The van der Waals surface area contributed by atoms with E-state index in [1.54, 1.807) is 0 Å². The van der Waals surface area contributed by atoms with Crippen LogP contribution in [0.4, 0.5) is 0 Å². The van der Waals surface area contributed by atoms with Crippen molar-refractivity contribution < 1.29 is 19.8 Å². The van der Waals surface area contributed by atoms with E-state index >= 15 is 0 Å². The van der Waals surface area contributed by atoms with Gasteiger partial charge in [-0.15, -0.1) is 11.8 Å². The second-order valence-electron chi connectivity index (χ2n) is 2.67. The van der Waals surface area contributed by atoms with Gasteiger partial charge in [-0.25, -0.2) is 0 Å². The van der Waals surface area contributed by atoms with Crippen molar-refractivity contribution in [2.45, 2.75) is 6.04 Å². The van der Waals surface area contributed by atoms with Crippen LogP contribution < -0.4 is 0 Å². The number of imide groups is 1. The van der Waals surface area contributed by atoms with Crippen LogP contribution >= 0.6 is 11.8 Å². The maximum atomic E-state index is 11.2. The molecular weight excluding hydrogens is 194 g/mol.